The summed E-state index contributed by atoms with van der Waals surface area (Å²) in [7, 11) is 0. The van der Waals surface area contributed by atoms with E-state index < -0.39 is 0 Å². The van der Waals surface area contributed by atoms with E-state index in [9.17, 15) is 0 Å². The molecule has 0 saturated carbocycles. The van der Waals surface area contributed by atoms with Gasteiger partial charge in [-0.05, 0) is 35.6 Å². The first-order valence-corrected chi connectivity index (χ1v) is 6.45. The number of benzene rings is 1. The molecule has 0 aliphatic heterocycles. The van der Waals surface area contributed by atoms with Gasteiger partial charge in [0.05, 0.1) is 6.26 Å². The van der Waals surface area contributed by atoms with Gasteiger partial charge in [-0.3, -0.25) is 4.98 Å². The molecule has 0 aliphatic rings. The molecule has 2 N–H and O–H groups in total. The van der Waals surface area contributed by atoms with E-state index >= 15 is 0 Å². The fourth-order valence-corrected chi connectivity index (χ4v) is 2.37. The Bertz CT molecular complexity index is 656. The molecule has 1 unspecified atom stereocenters. The largest absolute Gasteiger partial charge is 0.469 e. The Labute approximate surface area is 112 Å². The highest BCUT2D eigenvalue weighted by Crippen LogP contribution is 2.25. The standard InChI is InChI=1S/C16H16N2O/c17-16(7-6-13-4-2-10-19-13)14-5-1-3-12-8-9-18-11-15(12)14/h1-5,8-11,16H,6-7,17H2. The molecular formula is C16H16N2O. The number of aryl methyl sites for hydroxylation is 1. The van der Waals surface area contributed by atoms with E-state index in [2.05, 4.69) is 17.1 Å². The van der Waals surface area contributed by atoms with Gasteiger partial charge in [0, 0.05) is 30.2 Å². The van der Waals surface area contributed by atoms with Gasteiger partial charge in [0.25, 0.3) is 0 Å². The second-order valence-corrected chi connectivity index (χ2v) is 4.67. The lowest BCUT2D eigenvalue weighted by Crippen LogP contribution is -2.11. The van der Waals surface area contributed by atoms with Gasteiger partial charge in [0.2, 0.25) is 0 Å². The summed E-state index contributed by atoms with van der Waals surface area (Å²) in [5.41, 5.74) is 7.46. The zero-order valence-electron chi connectivity index (χ0n) is 10.6. The van der Waals surface area contributed by atoms with Crippen molar-refractivity contribution in [2.45, 2.75) is 18.9 Å². The molecule has 3 aromatic rings. The molecular weight excluding hydrogens is 236 g/mol. The molecule has 0 amide bonds. The molecule has 3 rings (SSSR count). The Balaban J connectivity index is 1.83. The van der Waals surface area contributed by atoms with E-state index in [0.717, 1.165) is 29.6 Å². The molecule has 0 fully saturated rings. The number of pyridine rings is 1. The number of furan rings is 1. The van der Waals surface area contributed by atoms with Gasteiger partial charge < -0.3 is 10.2 Å². The minimum Gasteiger partial charge on any atom is -0.469 e. The topological polar surface area (TPSA) is 52.0 Å². The molecule has 0 saturated heterocycles. The third-order valence-corrected chi connectivity index (χ3v) is 3.40. The summed E-state index contributed by atoms with van der Waals surface area (Å²) < 4.78 is 5.34. The number of fused-ring (bicyclic) bond motifs is 1. The van der Waals surface area contributed by atoms with Gasteiger partial charge in [-0.15, -0.1) is 0 Å². The van der Waals surface area contributed by atoms with Crippen LogP contribution >= 0.6 is 0 Å². The second-order valence-electron chi connectivity index (χ2n) is 4.67. The summed E-state index contributed by atoms with van der Waals surface area (Å²) >= 11 is 0. The van der Waals surface area contributed by atoms with Crippen molar-refractivity contribution in [1.82, 2.24) is 4.98 Å². The van der Waals surface area contributed by atoms with Gasteiger partial charge in [0.15, 0.2) is 0 Å². The maximum atomic E-state index is 6.31. The lowest BCUT2D eigenvalue weighted by molar-refractivity contribution is 0.489. The minimum atomic E-state index is -0.00185. The van der Waals surface area contributed by atoms with E-state index in [0.29, 0.717) is 0 Å². The molecule has 2 heterocycles. The minimum absolute atomic E-state index is 0.00185. The SMILES string of the molecule is NC(CCc1ccco1)c1cccc2ccncc12. The molecule has 0 aliphatic carbocycles. The van der Waals surface area contributed by atoms with Gasteiger partial charge in [-0.25, -0.2) is 0 Å². The molecule has 96 valence electrons. The third kappa shape index (κ3) is 2.51. The van der Waals surface area contributed by atoms with Gasteiger partial charge in [-0.1, -0.05) is 18.2 Å². The Morgan fingerprint density at radius 3 is 2.95 bits per heavy atom. The summed E-state index contributed by atoms with van der Waals surface area (Å²) in [4.78, 5) is 4.19. The van der Waals surface area contributed by atoms with Gasteiger partial charge in [-0.2, -0.15) is 0 Å². The lowest BCUT2D eigenvalue weighted by Gasteiger charge is -2.13. The monoisotopic (exact) mass is 252 g/mol. The zero-order chi connectivity index (χ0) is 13.1. The fraction of sp³-hybridized carbons (Fsp3) is 0.188. The molecule has 1 atom stereocenters. The van der Waals surface area contributed by atoms with Gasteiger partial charge in [0.1, 0.15) is 5.76 Å². The van der Waals surface area contributed by atoms with Crippen molar-refractivity contribution < 1.29 is 4.42 Å². The highest BCUT2D eigenvalue weighted by atomic mass is 16.3. The molecule has 0 spiro atoms. The average Bonchev–Trinajstić information content (AvgIpc) is 2.97. The van der Waals surface area contributed by atoms with E-state index in [-0.39, 0.29) is 6.04 Å². The van der Waals surface area contributed by atoms with Crippen molar-refractivity contribution in [2.24, 2.45) is 5.73 Å². The normalized spacial score (nSPS) is 12.7. The zero-order valence-corrected chi connectivity index (χ0v) is 10.6. The number of aromatic nitrogens is 1. The van der Waals surface area contributed by atoms with Crippen molar-refractivity contribution in [3.05, 3.63) is 66.4 Å². The predicted molar refractivity (Wildman–Crippen MR) is 75.7 cm³/mol. The Morgan fingerprint density at radius 1 is 1.16 bits per heavy atom. The van der Waals surface area contributed by atoms with E-state index in [1.807, 2.05) is 30.5 Å². The molecule has 0 radical (unpaired) electrons. The summed E-state index contributed by atoms with van der Waals surface area (Å²) in [6.07, 6.45) is 7.10. The number of nitrogens with zero attached hydrogens (tertiary/aromatic N) is 1. The summed E-state index contributed by atoms with van der Waals surface area (Å²) in [6.45, 7) is 0. The fourth-order valence-electron chi connectivity index (χ4n) is 2.37. The van der Waals surface area contributed by atoms with Crippen LogP contribution in [-0.2, 0) is 6.42 Å². The Kier molecular flexibility index (Phi) is 3.29. The van der Waals surface area contributed by atoms with Crippen LogP contribution in [0.15, 0.2) is 59.5 Å². The van der Waals surface area contributed by atoms with Crippen LogP contribution in [0.25, 0.3) is 10.8 Å². The second kappa shape index (κ2) is 5.24. The molecule has 2 aromatic heterocycles. The van der Waals surface area contributed by atoms with Crippen molar-refractivity contribution in [3.8, 4) is 0 Å². The Hall–Kier alpha value is -2.13. The average molecular weight is 252 g/mol. The first-order chi connectivity index (χ1) is 9.34. The first-order valence-electron chi connectivity index (χ1n) is 6.45. The highest BCUT2D eigenvalue weighted by Gasteiger charge is 2.10. The van der Waals surface area contributed by atoms with Crippen molar-refractivity contribution in [3.63, 3.8) is 0 Å². The Morgan fingerprint density at radius 2 is 2.11 bits per heavy atom. The van der Waals surface area contributed by atoms with Crippen molar-refractivity contribution >= 4 is 10.8 Å². The van der Waals surface area contributed by atoms with Crippen LogP contribution in [0.2, 0.25) is 0 Å². The van der Waals surface area contributed by atoms with E-state index in [1.165, 1.54) is 5.39 Å². The molecule has 0 bridgehead atoms. The smallest absolute Gasteiger partial charge is 0.103 e. The molecule has 3 nitrogen and oxygen atoms in total. The maximum absolute atomic E-state index is 6.31. The third-order valence-electron chi connectivity index (χ3n) is 3.40. The van der Waals surface area contributed by atoms with Crippen LogP contribution in [0.3, 0.4) is 0 Å². The summed E-state index contributed by atoms with van der Waals surface area (Å²) in [6, 6.07) is 12.1. The van der Waals surface area contributed by atoms with Crippen LogP contribution in [-0.4, -0.2) is 4.98 Å². The first kappa shape index (κ1) is 11.9. The van der Waals surface area contributed by atoms with Crippen LogP contribution < -0.4 is 5.73 Å². The lowest BCUT2D eigenvalue weighted by atomic mass is 9.97. The van der Waals surface area contributed by atoms with E-state index in [4.69, 9.17) is 10.2 Å². The van der Waals surface area contributed by atoms with E-state index in [1.54, 1.807) is 12.5 Å². The van der Waals surface area contributed by atoms with Crippen molar-refractivity contribution in [1.29, 1.82) is 0 Å². The maximum Gasteiger partial charge on any atom is 0.103 e. The van der Waals surface area contributed by atoms with Crippen molar-refractivity contribution in [2.75, 3.05) is 0 Å². The highest BCUT2D eigenvalue weighted by molar-refractivity contribution is 5.85. The van der Waals surface area contributed by atoms with Crippen LogP contribution in [0.1, 0.15) is 23.8 Å². The summed E-state index contributed by atoms with van der Waals surface area (Å²) in [5.74, 6) is 0.980. The molecule has 1 aromatic carbocycles. The van der Waals surface area contributed by atoms with Crippen LogP contribution in [0.4, 0.5) is 0 Å². The van der Waals surface area contributed by atoms with Crippen LogP contribution in [0.5, 0.6) is 0 Å². The number of hydrogen-bond acceptors (Lipinski definition) is 3. The van der Waals surface area contributed by atoms with Gasteiger partial charge >= 0.3 is 0 Å². The molecule has 3 heteroatoms. The predicted octanol–water partition coefficient (Wildman–Crippen LogP) is 3.46. The number of nitrogens with two attached hydrogens (primary N) is 1. The van der Waals surface area contributed by atoms with Crippen LogP contribution in [0, 0.1) is 0 Å². The molecule has 19 heavy (non-hydrogen) atoms. The number of rotatable bonds is 4. The quantitative estimate of drug-likeness (QED) is 0.773. The number of hydrogen-bond donors (Lipinski definition) is 1. The summed E-state index contributed by atoms with van der Waals surface area (Å²) in [5, 5.41) is 2.32.